The van der Waals surface area contributed by atoms with Crippen molar-refractivity contribution in [1.29, 1.82) is 0 Å². The first kappa shape index (κ1) is 30.0. The molecule has 28 heavy (non-hydrogen) atoms. The average Bonchev–Trinajstić information content (AvgIpc) is 2.82. The minimum Gasteiger partial charge on any atom is -0.307 e. The summed E-state index contributed by atoms with van der Waals surface area (Å²) in [6, 6.07) is 32.3. The Morgan fingerprint density at radius 2 is 0.571 bits per heavy atom. The molecular weight excluding hydrogens is 414 g/mol. The van der Waals surface area contributed by atoms with Crippen molar-refractivity contribution in [2.24, 2.45) is 0 Å². The molecule has 0 saturated heterocycles. The Balaban J connectivity index is -0.000000622. The van der Waals surface area contributed by atoms with Crippen LogP contribution in [0.3, 0.4) is 0 Å². The van der Waals surface area contributed by atoms with Crippen LogP contribution in [-0.2, 0) is 36.2 Å². The van der Waals surface area contributed by atoms with Crippen molar-refractivity contribution in [3.8, 4) is 0 Å². The smallest absolute Gasteiger partial charge is 0.106 e. The summed E-state index contributed by atoms with van der Waals surface area (Å²) in [5.74, 6) is 0. The quantitative estimate of drug-likeness (QED) is 0.467. The molecule has 0 aliphatic rings. The predicted molar refractivity (Wildman–Crippen MR) is 114 cm³/mol. The van der Waals surface area contributed by atoms with Crippen LogP contribution >= 0.6 is 7.92 Å². The van der Waals surface area contributed by atoms with E-state index in [1.807, 2.05) is 27.2 Å². The molecule has 6 heteroatoms. The van der Waals surface area contributed by atoms with E-state index in [0.29, 0.717) is 0 Å². The van der Waals surface area contributed by atoms with Gasteiger partial charge in [-0.25, -0.2) is 0 Å². The van der Waals surface area contributed by atoms with Gasteiger partial charge in [0.15, 0.2) is 0 Å². The van der Waals surface area contributed by atoms with E-state index in [1.54, 1.807) is 0 Å². The molecule has 147 valence electrons. The van der Waals surface area contributed by atoms with Crippen LogP contribution in [0.5, 0.6) is 0 Å². The first-order chi connectivity index (χ1) is 13.4. The first-order valence-corrected chi connectivity index (χ1v) is 8.90. The largest absolute Gasteiger partial charge is 0.307 e. The van der Waals surface area contributed by atoms with Gasteiger partial charge in [0.1, 0.15) is 27.2 Å². The Bertz CT molecular complexity index is 598. The normalized spacial score (nSPS) is 7.75. The molecule has 0 aliphatic heterocycles. The summed E-state index contributed by atoms with van der Waals surface area (Å²) in [7, 11) is -0.446. The first-order valence-electron chi connectivity index (χ1n) is 7.56. The average molecular weight is 437 g/mol. The van der Waals surface area contributed by atoms with Crippen LogP contribution in [0.15, 0.2) is 91.0 Å². The van der Waals surface area contributed by atoms with E-state index in [-0.39, 0.29) is 17.1 Å². The standard InChI is InChI=1S/C18H15P.4CH2O.Mn/c1-4-10-16(11-5-1)19(17-12-6-2-7-13-17)18-14-8-3-9-15-18;4*1-2;/h1-15H;4*1H2;. The van der Waals surface area contributed by atoms with Crippen molar-refractivity contribution in [1.82, 2.24) is 0 Å². The summed E-state index contributed by atoms with van der Waals surface area (Å²) in [4.78, 5) is 32.0. The van der Waals surface area contributed by atoms with Crippen LogP contribution in [0.4, 0.5) is 0 Å². The molecule has 0 unspecified atom stereocenters. The zero-order valence-electron chi connectivity index (χ0n) is 15.4. The molecule has 1 radical (unpaired) electrons. The van der Waals surface area contributed by atoms with Gasteiger partial charge in [-0.05, 0) is 23.8 Å². The second-order valence-electron chi connectivity index (χ2n) is 4.34. The zero-order chi connectivity index (χ0) is 20.9. The van der Waals surface area contributed by atoms with Crippen LogP contribution < -0.4 is 15.9 Å². The van der Waals surface area contributed by atoms with Crippen molar-refractivity contribution < 1.29 is 36.2 Å². The molecule has 0 fully saturated rings. The van der Waals surface area contributed by atoms with Gasteiger partial charge in [0, 0.05) is 17.1 Å². The van der Waals surface area contributed by atoms with Crippen LogP contribution in [0.25, 0.3) is 0 Å². The number of benzene rings is 3. The Morgan fingerprint density at radius 3 is 0.750 bits per heavy atom. The molecule has 0 bridgehead atoms. The fourth-order valence-electron chi connectivity index (χ4n) is 2.18. The molecule has 0 aliphatic carbocycles. The summed E-state index contributed by atoms with van der Waals surface area (Å²) in [5.41, 5.74) is 0. The van der Waals surface area contributed by atoms with Crippen LogP contribution in [0, 0.1) is 0 Å². The van der Waals surface area contributed by atoms with Gasteiger partial charge in [0.05, 0.1) is 0 Å². The third-order valence-corrected chi connectivity index (χ3v) is 5.49. The van der Waals surface area contributed by atoms with Crippen LogP contribution in [0.2, 0.25) is 0 Å². The van der Waals surface area contributed by atoms with Gasteiger partial charge in [-0.1, -0.05) is 91.0 Å². The number of carbonyl (C=O) groups excluding carboxylic acids is 4. The summed E-state index contributed by atoms with van der Waals surface area (Å²) in [6.07, 6.45) is 0. The Morgan fingerprint density at radius 1 is 0.393 bits per heavy atom. The van der Waals surface area contributed by atoms with Gasteiger partial charge < -0.3 is 19.2 Å². The SMILES string of the molecule is C=O.C=O.C=O.C=O.[Mn].c1ccc(P(c2ccccc2)c2ccccc2)cc1. The van der Waals surface area contributed by atoms with Gasteiger partial charge >= 0.3 is 0 Å². The van der Waals surface area contributed by atoms with Crippen molar-refractivity contribution >= 4 is 51.0 Å². The maximum absolute atomic E-state index is 8.00. The van der Waals surface area contributed by atoms with Crippen molar-refractivity contribution in [3.05, 3.63) is 91.0 Å². The topological polar surface area (TPSA) is 68.3 Å². The summed E-state index contributed by atoms with van der Waals surface area (Å²) in [5, 5.41) is 4.19. The Labute approximate surface area is 178 Å². The van der Waals surface area contributed by atoms with Gasteiger partial charge in [-0.3, -0.25) is 0 Å². The number of rotatable bonds is 3. The molecule has 3 aromatic carbocycles. The maximum Gasteiger partial charge on any atom is 0.106 e. The van der Waals surface area contributed by atoms with E-state index >= 15 is 0 Å². The summed E-state index contributed by atoms with van der Waals surface area (Å²) < 4.78 is 0. The summed E-state index contributed by atoms with van der Waals surface area (Å²) in [6.45, 7) is 8.00. The third kappa shape index (κ3) is 10.4. The van der Waals surface area contributed by atoms with Crippen molar-refractivity contribution in [3.63, 3.8) is 0 Å². The molecule has 0 heterocycles. The molecular formula is C22H23MnO4P. The van der Waals surface area contributed by atoms with Gasteiger partial charge in [0.2, 0.25) is 0 Å². The molecule has 0 amide bonds. The second kappa shape index (κ2) is 22.3. The fraction of sp³-hybridized carbons (Fsp3) is 0. The molecule has 0 spiro atoms. The second-order valence-corrected chi connectivity index (χ2v) is 6.56. The fourth-order valence-corrected chi connectivity index (χ4v) is 4.48. The number of hydrogen-bond donors (Lipinski definition) is 0. The number of hydrogen-bond acceptors (Lipinski definition) is 4. The van der Waals surface area contributed by atoms with E-state index in [0.717, 1.165) is 0 Å². The van der Waals surface area contributed by atoms with Gasteiger partial charge in [0.25, 0.3) is 0 Å². The molecule has 3 rings (SSSR count). The molecule has 0 N–H and O–H groups in total. The van der Waals surface area contributed by atoms with E-state index < -0.39 is 7.92 Å². The Kier molecular flexibility index (Phi) is 24.0. The summed E-state index contributed by atoms with van der Waals surface area (Å²) >= 11 is 0. The van der Waals surface area contributed by atoms with Crippen molar-refractivity contribution in [2.75, 3.05) is 0 Å². The monoisotopic (exact) mass is 437 g/mol. The third-order valence-electron chi connectivity index (χ3n) is 3.04. The van der Waals surface area contributed by atoms with Gasteiger partial charge in [-0.2, -0.15) is 0 Å². The van der Waals surface area contributed by atoms with E-state index in [4.69, 9.17) is 19.2 Å². The molecule has 0 saturated carbocycles. The van der Waals surface area contributed by atoms with Crippen molar-refractivity contribution in [2.45, 2.75) is 0 Å². The minimum atomic E-state index is -0.446. The minimum absolute atomic E-state index is 0. The van der Waals surface area contributed by atoms with Crippen LogP contribution in [0.1, 0.15) is 0 Å². The van der Waals surface area contributed by atoms with E-state index in [1.165, 1.54) is 15.9 Å². The molecule has 0 aromatic heterocycles. The molecule has 3 aromatic rings. The van der Waals surface area contributed by atoms with E-state index in [2.05, 4.69) is 91.0 Å². The maximum atomic E-state index is 8.00. The Hall–Kier alpha value is -2.71. The van der Waals surface area contributed by atoms with Gasteiger partial charge in [-0.15, -0.1) is 0 Å². The van der Waals surface area contributed by atoms with Crippen LogP contribution in [-0.4, -0.2) is 27.2 Å². The molecule has 0 atom stereocenters. The zero-order valence-corrected chi connectivity index (χ0v) is 17.5. The number of carbonyl (C=O) groups is 4. The molecule has 4 nitrogen and oxygen atoms in total. The van der Waals surface area contributed by atoms with E-state index in [9.17, 15) is 0 Å². The predicted octanol–water partition coefficient (Wildman–Crippen LogP) is 2.70.